The number of aliphatic carboxylic acids is 1. The lowest BCUT2D eigenvalue weighted by Gasteiger charge is -2.15. The number of rotatable bonds is 4. The average molecular weight is 264 g/mol. The van der Waals surface area contributed by atoms with Gasteiger partial charge in [0.15, 0.2) is 5.75 Å². The van der Waals surface area contributed by atoms with Crippen LogP contribution in [0.4, 0.5) is 13.2 Å². The minimum Gasteiger partial charge on any atom is -0.481 e. The number of pyridine rings is 1. The van der Waals surface area contributed by atoms with Crippen molar-refractivity contribution >= 4 is 5.97 Å². The Hall–Kier alpha value is -1.83. The Morgan fingerprint density at radius 2 is 2.17 bits per heavy atom. The van der Waals surface area contributed by atoms with Crippen LogP contribution < -0.4 is 10.5 Å². The van der Waals surface area contributed by atoms with E-state index in [1.54, 1.807) is 0 Å². The van der Waals surface area contributed by atoms with E-state index in [4.69, 9.17) is 10.8 Å². The number of hydrogen-bond acceptors (Lipinski definition) is 4. The van der Waals surface area contributed by atoms with Gasteiger partial charge >= 0.3 is 12.3 Å². The minimum atomic E-state index is -4.90. The van der Waals surface area contributed by atoms with Crippen molar-refractivity contribution in [3.63, 3.8) is 0 Å². The van der Waals surface area contributed by atoms with Gasteiger partial charge in [-0.1, -0.05) is 0 Å². The maximum atomic E-state index is 12.2. The normalized spacial score (nSPS) is 11.4. The van der Waals surface area contributed by atoms with E-state index >= 15 is 0 Å². The molecule has 0 unspecified atom stereocenters. The summed E-state index contributed by atoms with van der Waals surface area (Å²) < 4.78 is 40.4. The Morgan fingerprint density at radius 3 is 2.61 bits per heavy atom. The molecule has 100 valence electrons. The SMILES string of the molecule is Cc1nc(CN)cc(CC(=O)O)c1OC(F)(F)F. The molecule has 8 heteroatoms. The van der Waals surface area contributed by atoms with E-state index in [0.717, 1.165) is 0 Å². The first-order valence-corrected chi connectivity index (χ1v) is 4.90. The van der Waals surface area contributed by atoms with Crippen molar-refractivity contribution in [3.05, 3.63) is 23.0 Å². The maximum absolute atomic E-state index is 12.2. The summed E-state index contributed by atoms with van der Waals surface area (Å²) in [7, 11) is 0. The fourth-order valence-electron chi connectivity index (χ4n) is 1.45. The number of carboxylic acids is 1. The summed E-state index contributed by atoms with van der Waals surface area (Å²) in [5.74, 6) is -1.85. The van der Waals surface area contributed by atoms with Gasteiger partial charge in [-0.05, 0) is 13.0 Å². The highest BCUT2D eigenvalue weighted by Gasteiger charge is 2.33. The topological polar surface area (TPSA) is 85.4 Å². The van der Waals surface area contributed by atoms with Crippen molar-refractivity contribution in [2.24, 2.45) is 5.73 Å². The Balaban J connectivity index is 3.24. The van der Waals surface area contributed by atoms with Crippen LogP contribution in [0.3, 0.4) is 0 Å². The van der Waals surface area contributed by atoms with Crippen LogP contribution >= 0.6 is 0 Å². The molecule has 0 fully saturated rings. The summed E-state index contributed by atoms with van der Waals surface area (Å²) in [6.07, 6.45) is -5.49. The predicted molar refractivity (Wildman–Crippen MR) is 54.9 cm³/mol. The van der Waals surface area contributed by atoms with E-state index in [1.807, 2.05) is 0 Å². The third-order valence-electron chi connectivity index (χ3n) is 2.04. The summed E-state index contributed by atoms with van der Waals surface area (Å²) in [5, 5.41) is 8.66. The van der Waals surface area contributed by atoms with Gasteiger partial charge in [-0.3, -0.25) is 9.78 Å². The van der Waals surface area contributed by atoms with E-state index in [2.05, 4.69) is 9.72 Å². The van der Waals surface area contributed by atoms with Gasteiger partial charge in [0.05, 0.1) is 17.8 Å². The first-order chi connectivity index (χ1) is 8.23. The second kappa shape index (κ2) is 5.21. The van der Waals surface area contributed by atoms with E-state index in [-0.39, 0.29) is 17.8 Å². The van der Waals surface area contributed by atoms with Gasteiger partial charge in [-0.25, -0.2) is 0 Å². The molecule has 0 saturated heterocycles. The van der Waals surface area contributed by atoms with Crippen LogP contribution in [-0.4, -0.2) is 22.4 Å². The fraction of sp³-hybridized carbons (Fsp3) is 0.400. The van der Waals surface area contributed by atoms with Crippen molar-refractivity contribution in [1.29, 1.82) is 0 Å². The number of halogens is 3. The van der Waals surface area contributed by atoms with Crippen LogP contribution in [0.2, 0.25) is 0 Å². The molecule has 0 aromatic carbocycles. The van der Waals surface area contributed by atoms with Gasteiger partial charge < -0.3 is 15.6 Å². The average Bonchev–Trinajstić information content (AvgIpc) is 2.20. The molecule has 5 nitrogen and oxygen atoms in total. The van der Waals surface area contributed by atoms with Crippen molar-refractivity contribution in [2.45, 2.75) is 26.3 Å². The van der Waals surface area contributed by atoms with Gasteiger partial charge in [-0.15, -0.1) is 13.2 Å². The number of alkyl halides is 3. The molecule has 1 rings (SSSR count). The molecule has 18 heavy (non-hydrogen) atoms. The molecule has 1 aromatic rings. The molecule has 0 bridgehead atoms. The summed E-state index contributed by atoms with van der Waals surface area (Å²) >= 11 is 0. The Labute approximate surface area is 100 Å². The summed E-state index contributed by atoms with van der Waals surface area (Å²) in [5.41, 5.74) is 5.47. The number of aromatic nitrogens is 1. The number of aryl methyl sites for hydroxylation is 1. The third-order valence-corrected chi connectivity index (χ3v) is 2.04. The second-order valence-electron chi connectivity index (χ2n) is 3.51. The van der Waals surface area contributed by atoms with Gasteiger partial charge in [-0.2, -0.15) is 0 Å². The molecule has 0 saturated carbocycles. The molecular formula is C10H11F3N2O3. The van der Waals surface area contributed by atoms with E-state index in [1.165, 1.54) is 13.0 Å². The second-order valence-corrected chi connectivity index (χ2v) is 3.51. The van der Waals surface area contributed by atoms with Crippen LogP contribution in [0.15, 0.2) is 6.07 Å². The van der Waals surface area contributed by atoms with Gasteiger partial charge in [0.1, 0.15) is 0 Å². The maximum Gasteiger partial charge on any atom is 0.573 e. The highest BCUT2D eigenvalue weighted by atomic mass is 19.4. The van der Waals surface area contributed by atoms with Crippen molar-refractivity contribution in [1.82, 2.24) is 4.98 Å². The molecule has 0 spiro atoms. The molecule has 0 atom stereocenters. The van der Waals surface area contributed by atoms with Crippen LogP contribution in [0.5, 0.6) is 5.75 Å². The number of carboxylic acid groups (broad SMARTS) is 1. The fourth-order valence-corrected chi connectivity index (χ4v) is 1.45. The minimum absolute atomic E-state index is 0.000241. The lowest BCUT2D eigenvalue weighted by molar-refractivity contribution is -0.275. The molecular weight excluding hydrogens is 253 g/mol. The zero-order valence-electron chi connectivity index (χ0n) is 9.41. The molecule has 0 aliphatic rings. The lowest BCUT2D eigenvalue weighted by Crippen LogP contribution is -2.20. The van der Waals surface area contributed by atoms with Crippen LogP contribution in [0.1, 0.15) is 17.0 Å². The lowest BCUT2D eigenvalue weighted by atomic mass is 10.1. The van der Waals surface area contributed by atoms with E-state index < -0.39 is 24.5 Å². The zero-order chi connectivity index (χ0) is 13.9. The number of hydrogen-bond donors (Lipinski definition) is 2. The number of ether oxygens (including phenoxy) is 1. The van der Waals surface area contributed by atoms with Gasteiger partial charge in [0, 0.05) is 12.1 Å². The molecule has 0 aliphatic heterocycles. The third kappa shape index (κ3) is 3.88. The van der Waals surface area contributed by atoms with E-state index in [9.17, 15) is 18.0 Å². The van der Waals surface area contributed by atoms with Crippen LogP contribution in [0.25, 0.3) is 0 Å². The molecule has 0 amide bonds. The first-order valence-electron chi connectivity index (χ1n) is 4.90. The van der Waals surface area contributed by atoms with Gasteiger partial charge in [0.25, 0.3) is 0 Å². The molecule has 3 N–H and O–H groups in total. The Kier molecular flexibility index (Phi) is 4.12. The summed E-state index contributed by atoms with van der Waals surface area (Å²) in [6.45, 7) is 1.30. The molecule has 1 aromatic heterocycles. The Bertz CT molecular complexity index is 460. The van der Waals surface area contributed by atoms with E-state index in [0.29, 0.717) is 5.69 Å². The smallest absolute Gasteiger partial charge is 0.481 e. The van der Waals surface area contributed by atoms with Crippen molar-refractivity contribution in [2.75, 3.05) is 0 Å². The Morgan fingerprint density at radius 1 is 1.56 bits per heavy atom. The molecule has 0 aliphatic carbocycles. The van der Waals surface area contributed by atoms with Gasteiger partial charge in [0.2, 0.25) is 0 Å². The quantitative estimate of drug-likeness (QED) is 0.857. The van der Waals surface area contributed by atoms with Crippen molar-refractivity contribution < 1.29 is 27.8 Å². The highest BCUT2D eigenvalue weighted by molar-refractivity contribution is 5.71. The van der Waals surface area contributed by atoms with Crippen LogP contribution in [-0.2, 0) is 17.8 Å². The zero-order valence-corrected chi connectivity index (χ0v) is 9.41. The first kappa shape index (κ1) is 14.2. The van der Waals surface area contributed by atoms with Crippen molar-refractivity contribution in [3.8, 4) is 5.75 Å². The predicted octanol–water partition coefficient (Wildman–Crippen LogP) is 1.37. The molecule has 0 radical (unpaired) electrons. The monoisotopic (exact) mass is 264 g/mol. The number of carbonyl (C=O) groups is 1. The standard InChI is InChI=1S/C10H11F3N2O3/c1-5-9(18-10(11,12)13)6(3-8(16)17)2-7(4-14)15-5/h2H,3-4,14H2,1H3,(H,16,17). The number of nitrogens with two attached hydrogens (primary N) is 1. The summed E-state index contributed by atoms with van der Waals surface area (Å²) in [4.78, 5) is 14.4. The highest BCUT2D eigenvalue weighted by Crippen LogP contribution is 2.29. The number of nitrogens with zero attached hydrogens (tertiary/aromatic N) is 1. The largest absolute Gasteiger partial charge is 0.573 e. The summed E-state index contributed by atoms with van der Waals surface area (Å²) in [6, 6.07) is 1.20. The van der Waals surface area contributed by atoms with Crippen LogP contribution in [0, 0.1) is 6.92 Å². The molecule has 1 heterocycles.